The van der Waals surface area contributed by atoms with E-state index in [1.165, 1.54) is 11.0 Å². The molecule has 0 amide bonds. The summed E-state index contributed by atoms with van der Waals surface area (Å²) >= 11 is 1.76. The Kier molecular flexibility index (Phi) is 5.60. The van der Waals surface area contributed by atoms with Gasteiger partial charge in [-0.2, -0.15) is 5.26 Å². The number of nitrogens with one attached hydrogen (secondary N) is 1. The van der Waals surface area contributed by atoms with Crippen molar-refractivity contribution in [3.63, 3.8) is 0 Å². The van der Waals surface area contributed by atoms with Crippen molar-refractivity contribution >= 4 is 11.8 Å². The van der Waals surface area contributed by atoms with Gasteiger partial charge in [0.05, 0.1) is 5.56 Å². The first-order valence-corrected chi connectivity index (χ1v) is 7.36. The number of halogens is 1. The molecule has 0 bridgehead atoms. The van der Waals surface area contributed by atoms with Crippen molar-refractivity contribution in [2.75, 3.05) is 12.3 Å². The molecule has 2 aromatic carbocycles. The lowest BCUT2D eigenvalue weighted by Gasteiger charge is -2.06. The van der Waals surface area contributed by atoms with Gasteiger partial charge in [0, 0.05) is 29.3 Å². The number of nitrogens with zero attached hydrogens (tertiary/aromatic N) is 1. The predicted molar refractivity (Wildman–Crippen MR) is 80.0 cm³/mol. The molecule has 0 spiro atoms. The molecule has 2 nitrogen and oxygen atoms in total. The Morgan fingerprint density at radius 3 is 2.65 bits per heavy atom. The van der Waals surface area contributed by atoms with Gasteiger partial charge < -0.3 is 5.32 Å². The average molecular weight is 286 g/mol. The molecule has 0 saturated heterocycles. The molecule has 4 heteroatoms. The normalized spacial score (nSPS) is 10.2. The molecule has 0 heterocycles. The summed E-state index contributed by atoms with van der Waals surface area (Å²) in [5, 5.41) is 12.0. The molecule has 0 aliphatic carbocycles. The highest BCUT2D eigenvalue weighted by Crippen LogP contribution is 2.16. The van der Waals surface area contributed by atoms with Crippen LogP contribution in [0.15, 0.2) is 53.4 Å². The van der Waals surface area contributed by atoms with Crippen LogP contribution < -0.4 is 5.32 Å². The highest BCUT2D eigenvalue weighted by atomic mass is 32.2. The van der Waals surface area contributed by atoms with E-state index < -0.39 is 5.82 Å². The van der Waals surface area contributed by atoms with Crippen LogP contribution in [0.5, 0.6) is 0 Å². The van der Waals surface area contributed by atoms with Crippen molar-refractivity contribution in [1.82, 2.24) is 5.32 Å². The van der Waals surface area contributed by atoms with Crippen LogP contribution in [0.4, 0.5) is 4.39 Å². The minimum Gasteiger partial charge on any atom is -0.312 e. The van der Waals surface area contributed by atoms with Crippen molar-refractivity contribution in [3.8, 4) is 6.07 Å². The van der Waals surface area contributed by atoms with E-state index in [1.807, 2.05) is 24.3 Å². The SMILES string of the molecule is N#Cc1cccc(CNCCSc2ccccc2)c1F. The Hall–Kier alpha value is -1.83. The third-order valence-electron chi connectivity index (χ3n) is 2.81. The van der Waals surface area contributed by atoms with E-state index in [0.29, 0.717) is 12.1 Å². The lowest BCUT2D eigenvalue weighted by Crippen LogP contribution is -2.17. The minimum atomic E-state index is -0.418. The zero-order chi connectivity index (χ0) is 14.2. The van der Waals surface area contributed by atoms with Crippen LogP contribution in [0, 0.1) is 17.1 Å². The van der Waals surface area contributed by atoms with Crippen LogP contribution in [-0.4, -0.2) is 12.3 Å². The van der Waals surface area contributed by atoms with E-state index in [0.717, 1.165) is 12.3 Å². The zero-order valence-corrected chi connectivity index (χ0v) is 11.8. The summed E-state index contributed by atoms with van der Waals surface area (Å²) in [5.74, 6) is 0.502. The Labute approximate surface area is 122 Å². The van der Waals surface area contributed by atoms with Crippen molar-refractivity contribution in [3.05, 3.63) is 65.5 Å². The molecule has 2 rings (SSSR count). The molecule has 1 N–H and O–H groups in total. The second kappa shape index (κ2) is 7.68. The molecule has 0 fully saturated rings. The summed E-state index contributed by atoms with van der Waals surface area (Å²) in [5.41, 5.74) is 0.636. The number of nitriles is 1. The number of thioether (sulfide) groups is 1. The molecule has 0 atom stereocenters. The maximum atomic E-state index is 13.8. The lowest BCUT2D eigenvalue weighted by molar-refractivity contribution is 0.590. The third kappa shape index (κ3) is 4.09. The maximum Gasteiger partial charge on any atom is 0.145 e. The standard InChI is InChI=1S/C16H15FN2S/c17-16-13(11-18)5-4-6-14(16)12-19-9-10-20-15-7-2-1-3-8-15/h1-8,19H,9-10,12H2. The van der Waals surface area contributed by atoms with E-state index in [-0.39, 0.29) is 5.56 Å². The van der Waals surface area contributed by atoms with Gasteiger partial charge >= 0.3 is 0 Å². The van der Waals surface area contributed by atoms with Gasteiger partial charge in [-0.1, -0.05) is 30.3 Å². The highest BCUT2D eigenvalue weighted by Gasteiger charge is 2.06. The number of hydrogen-bond donors (Lipinski definition) is 1. The van der Waals surface area contributed by atoms with Gasteiger partial charge in [0.1, 0.15) is 11.9 Å². The first-order chi connectivity index (χ1) is 9.81. The van der Waals surface area contributed by atoms with Gasteiger partial charge in [-0.05, 0) is 18.2 Å². The maximum absolute atomic E-state index is 13.8. The van der Waals surface area contributed by atoms with Gasteiger partial charge in [0.25, 0.3) is 0 Å². The predicted octanol–water partition coefficient (Wildman–Crippen LogP) is 3.58. The first kappa shape index (κ1) is 14.6. The molecule has 102 valence electrons. The minimum absolute atomic E-state index is 0.1000. The molecule has 0 aliphatic heterocycles. The second-order valence-electron chi connectivity index (χ2n) is 4.23. The summed E-state index contributed by atoms with van der Waals surface area (Å²) in [6.45, 7) is 1.23. The van der Waals surface area contributed by atoms with Crippen LogP contribution in [0.2, 0.25) is 0 Å². The number of benzene rings is 2. The Balaban J connectivity index is 1.75. The summed E-state index contributed by atoms with van der Waals surface area (Å²) in [7, 11) is 0. The van der Waals surface area contributed by atoms with Crippen LogP contribution in [0.25, 0.3) is 0 Å². The van der Waals surface area contributed by atoms with Crippen molar-refractivity contribution < 1.29 is 4.39 Å². The molecule has 2 aromatic rings. The fourth-order valence-corrected chi connectivity index (χ4v) is 2.62. The second-order valence-corrected chi connectivity index (χ2v) is 5.40. The Morgan fingerprint density at radius 1 is 1.10 bits per heavy atom. The molecular formula is C16H15FN2S. The fraction of sp³-hybridized carbons (Fsp3) is 0.188. The molecular weight excluding hydrogens is 271 g/mol. The summed E-state index contributed by atoms with van der Waals surface area (Å²) in [4.78, 5) is 1.23. The van der Waals surface area contributed by atoms with E-state index in [2.05, 4.69) is 17.4 Å². The van der Waals surface area contributed by atoms with Crippen LogP contribution in [-0.2, 0) is 6.54 Å². The fourth-order valence-electron chi connectivity index (χ4n) is 1.78. The topological polar surface area (TPSA) is 35.8 Å². The lowest BCUT2D eigenvalue weighted by atomic mass is 10.1. The van der Waals surface area contributed by atoms with Crippen molar-refractivity contribution in [2.45, 2.75) is 11.4 Å². The van der Waals surface area contributed by atoms with E-state index in [1.54, 1.807) is 23.9 Å². The largest absolute Gasteiger partial charge is 0.312 e. The van der Waals surface area contributed by atoms with E-state index in [9.17, 15) is 4.39 Å². The first-order valence-electron chi connectivity index (χ1n) is 6.37. The molecule has 0 radical (unpaired) electrons. The Bertz CT molecular complexity index is 593. The molecule has 20 heavy (non-hydrogen) atoms. The summed E-state index contributed by atoms with van der Waals surface area (Å²) in [6, 6.07) is 16.9. The monoisotopic (exact) mass is 286 g/mol. The van der Waals surface area contributed by atoms with Gasteiger partial charge in [-0.3, -0.25) is 0 Å². The van der Waals surface area contributed by atoms with E-state index in [4.69, 9.17) is 5.26 Å². The highest BCUT2D eigenvalue weighted by molar-refractivity contribution is 7.99. The molecule has 0 aliphatic rings. The van der Waals surface area contributed by atoms with Crippen LogP contribution >= 0.6 is 11.8 Å². The van der Waals surface area contributed by atoms with Gasteiger partial charge in [0.15, 0.2) is 0 Å². The van der Waals surface area contributed by atoms with Gasteiger partial charge in [-0.15, -0.1) is 11.8 Å². The smallest absolute Gasteiger partial charge is 0.145 e. The van der Waals surface area contributed by atoms with Crippen LogP contribution in [0.3, 0.4) is 0 Å². The van der Waals surface area contributed by atoms with Crippen molar-refractivity contribution in [2.24, 2.45) is 0 Å². The van der Waals surface area contributed by atoms with Gasteiger partial charge in [0.2, 0.25) is 0 Å². The molecule has 0 aromatic heterocycles. The average Bonchev–Trinajstić information content (AvgIpc) is 2.49. The molecule has 0 unspecified atom stereocenters. The van der Waals surface area contributed by atoms with E-state index >= 15 is 0 Å². The Morgan fingerprint density at radius 2 is 1.90 bits per heavy atom. The molecule has 0 saturated carbocycles. The van der Waals surface area contributed by atoms with Gasteiger partial charge in [-0.25, -0.2) is 4.39 Å². The third-order valence-corrected chi connectivity index (χ3v) is 3.82. The quantitative estimate of drug-likeness (QED) is 0.651. The van der Waals surface area contributed by atoms with Crippen molar-refractivity contribution in [1.29, 1.82) is 5.26 Å². The number of rotatable bonds is 6. The number of hydrogen-bond acceptors (Lipinski definition) is 3. The zero-order valence-electron chi connectivity index (χ0n) is 11.0. The summed E-state index contributed by atoms with van der Waals surface area (Å²) < 4.78 is 13.8. The summed E-state index contributed by atoms with van der Waals surface area (Å²) in [6.07, 6.45) is 0. The van der Waals surface area contributed by atoms with Crippen LogP contribution in [0.1, 0.15) is 11.1 Å².